The van der Waals surface area contributed by atoms with Crippen LogP contribution in [0.15, 0.2) is 297 Å². The standard InChI is InChI=1S/C91H73N/c1-7-50-89(5,6)68-55-66(54-67(56-68)88(3,4)8-2)61-40-38-60(39-41-61)64-51-63(59-24-10-9-11-25-59)52-65(53-64)62-42-44-69(45-43-62)92(70-46-48-78-76-30-16-22-36-84(76)90(86(78)57-70)80-32-18-12-26-72(80)73-27-13-19-33-81(73)90)71-47-49-79-77-31-17-23-37-85(77)91(87(79)58-71)82-34-20-14-28-74(82)75-29-15-21-35-83(75)91/h9-49,51-58H,7-8,50H2,1-6H3. The van der Waals surface area contributed by atoms with Crippen LogP contribution in [0.25, 0.3) is 89.0 Å². The molecule has 0 atom stereocenters. The summed E-state index contributed by atoms with van der Waals surface area (Å²) in [5, 5.41) is 0. The molecule has 4 aliphatic rings. The molecule has 0 amide bonds. The van der Waals surface area contributed by atoms with Crippen LogP contribution in [-0.4, -0.2) is 0 Å². The van der Waals surface area contributed by atoms with Crippen molar-refractivity contribution in [3.8, 4) is 89.0 Å². The highest BCUT2D eigenvalue weighted by Gasteiger charge is 2.53. The van der Waals surface area contributed by atoms with Crippen LogP contribution in [0.5, 0.6) is 0 Å². The molecule has 442 valence electrons. The Bertz CT molecular complexity index is 4770. The molecule has 0 saturated heterocycles. The van der Waals surface area contributed by atoms with Crippen molar-refractivity contribution in [3.63, 3.8) is 0 Å². The van der Waals surface area contributed by atoms with Gasteiger partial charge in [0.15, 0.2) is 0 Å². The summed E-state index contributed by atoms with van der Waals surface area (Å²) in [6.07, 6.45) is 3.38. The minimum absolute atomic E-state index is 0.0699. The van der Waals surface area contributed by atoms with Crippen LogP contribution in [-0.2, 0) is 21.7 Å². The Labute approximate surface area is 543 Å². The maximum Gasteiger partial charge on any atom is 0.0726 e. The second-order valence-corrected chi connectivity index (χ2v) is 27.5. The number of fused-ring (bicyclic) bond motifs is 20. The van der Waals surface area contributed by atoms with Gasteiger partial charge in [0.05, 0.1) is 10.8 Å². The van der Waals surface area contributed by atoms with Crippen molar-refractivity contribution in [3.05, 3.63) is 353 Å². The molecule has 13 aromatic carbocycles. The Kier molecular flexibility index (Phi) is 12.8. The number of hydrogen-bond acceptors (Lipinski definition) is 1. The molecule has 2 spiro atoms. The molecule has 0 heterocycles. The molecule has 17 rings (SSSR count). The molecule has 92 heavy (non-hydrogen) atoms. The molecular formula is C91H73N. The first-order valence-electron chi connectivity index (χ1n) is 33.2. The molecule has 13 aromatic rings. The summed E-state index contributed by atoms with van der Waals surface area (Å²) in [5.74, 6) is 0. The molecule has 4 aliphatic carbocycles. The highest BCUT2D eigenvalue weighted by atomic mass is 15.1. The third kappa shape index (κ3) is 8.23. The summed E-state index contributed by atoms with van der Waals surface area (Å²) in [6.45, 7) is 14.2. The summed E-state index contributed by atoms with van der Waals surface area (Å²) in [5.41, 5.74) is 36.0. The quantitative estimate of drug-likeness (QED) is 0.118. The number of hydrogen-bond donors (Lipinski definition) is 0. The molecule has 1 nitrogen and oxygen atoms in total. The fourth-order valence-electron chi connectivity index (χ4n) is 16.9. The van der Waals surface area contributed by atoms with E-state index in [1.807, 2.05) is 0 Å². The number of nitrogens with zero attached hydrogens (tertiary/aromatic N) is 1. The first-order chi connectivity index (χ1) is 45.0. The Hall–Kier alpha value is -10.3. The van der Waals surface area contributed by atoms with Gasteiger partial charge in [-0.25, -0.2) is 0 Å². The van der Waals surface area contributed by atoms with Crippen LogP contribution in [0.3, 0.4) is 0 Å². The van der Waals surface area contributed by atoms with Crippen LogP contribution >= 0.6 is 0 Å². The van der Waals surface area contributed by atoms with E-state index in [4.69, 9.17) is 0 Å². The zero-order valence-corrected chi connectivity index (χ0v) is 53.4. The average molecular weight is 1180 g/mol. The van der Waals surface area contributed by atoms with Gasteiger partial charge >= 0.3 is 0 Å². The second-order valence-electron chi connectivity index (χ2n) is 27.5. The van der Waals surface area contributed by atoms with Crippen molar-refractivity contribution in [1.29, 1.82) is 0 Å². The highest BCUT2D eigenvalue weighted by Crippen LogP contribution is 2.66. The van der Waals surface area contributed by atoms with E-state index in [1.54, 1.807) is 0 Å². The van der Waals surface area contributed by atoms with E-state index < -0.39 is 10.8 Å². The van der Waals surface area contributed by atoms with E-state index in [-0.39, 0.29) is 10.8 Å². The summed E-state index contributed by atoms with van der Waals surface area (Å²) >= 11 is 0. The van der Waals surface area contributed by atoms with Gasteiger partial charge in [-0.05, 0) is 223 Å². The molecule has 0 bridgehead atoms. The smallest absolute Gasteiger partial charge is 0.0726 e. The number of rotatable bonds is 12. The SMILES string of the molecule is CCCC(C)(C)c1cc(-c2ccc(-c3cc(-c4ccccc4)cc(-c4ccc(N(c5ccc6c(c5)C5(c7ccccc7-c7ccccc75)c5ccccc5-6)c5ccc6c(c5)C5(c7ccccc7-c7ccccc75)c5ccccc5-6)cc4)c3)cc2)cc(C(C)(C)CC)c1. The predicted octanol–water partition coefficient (Wildman–Crippen LogP) is 24.3. The molecule has 0 fully saturated rings. The van der Waals surface area contributed by atoms with E-state index in [0.717, 1.165) is 41.9 Å². The molecule has 0 N–H and O–H groups in total. The maximum absolute atomic E-state index is 2.54. The van der Waals surface area contributed by atoms with Crippen molar-refractivity contribution < 1.29 is 0 Å². The van der Waals surface area contributed by atoms with Gasteiger partial charge < -0.3 is 4.90 Å². The summed E-state index contributed by atoms with van der Waals surface area (Å²) < 4.78 is 0. The minimum atomic E-state index is -0.501. The predicted molar refractivity (Wildman–Crippen MR) is 387 cm³/mol. The molecule has 0 aromatic heterocycles. The van der Waals surface area contributed by atoms with Crippen molar-refractivity contribution in [1.82, 2.24) is 0 Å². The molecule has 0 saturated carbocycles. The van der Waals surface area contributed by atoms with Crippen LogP contribution < -0.4 is 4.90 Å². The fraction of sp³-hybridized carbons (Fsp3) is 0.143. The Balaban J connectivity index is 0.831. The van der Waals surface area contributed by atoms with Gasteiger partial charge in [-0.2, -0.15) is 0 Å². The lowest BCUT2D eigenvalue weighted by Crippen LogP contribution is -2.26. The van der Waals surface area contributed by atoms with Gasteiger partial charge in [0.25, 0.3) is 0 Å². The normalized spacial score (nSPS) is 13.8. The van der Waals surface area contributed by atoms with Crippen molar-refractivity contribution in [2.75, 3.05) is 4.90 Å². The number of benzene rings is 13. The van der Waals surface area contributed by atoms with Crippen LogP contribution in [0.2, 0.25) is 0 Å². The second kappa shape index (κ2) is 21.1. The average Bonchev–Trinajstić information content (AvgIpc) is 1.52. The van der Waals surface area contributed by atoms with Gasteiger partial charge in [-0.3, -0.25) is 0 Å². The first kappa shape index (κ1) is 55.7. The van der Waals surface area contributed by atoms with Gasteiger partial charge in [0.2, 0.25) is 0 Å². The number of anilines is 3. The molecule has 0 aliphatic heterocycles. The lowest BCUT2D eigenvalue weighted by molar-refractivity contribution is 0.466. The van der Waals surface area contributed by atoms with Crippen molar-refractivity contribution >= 4 is 17.1 Å². The first-order valence-corrected chi connectivity index (χ1v) is 33.2. The molecule has 0 radical (unpaired) electrons. The largest absolute Gasteiger partial charge is 0.310 e. The molecule has 0 unspecified atom stereocenters. The zero-order chi connectivity index (χ0) is 62.1. The zero-order valence-electron chi connectivity index (χ0n) is 53.4. The van der Waals surface area contributed by atoms with Crippen molar-refractivity contribution in [2.45, 2.75) is 82.5 Å². The van der Waals surface area contributed by atoms with Gasteiger partial charge in [-0.1, -0.05) is 291 Å². The maximum atomic E-state index is 2.54. The van der Waals surface area contributed by atoms with E-state index >= 15 is 0 Å². The van der Waals surface area contributed by atoms with Crippen LogP contribution in [0, 0.1) is 0 Å². The van der Waals surface area contributed by atoms with E-state index in [2.05, 4.69) is 344 Å². The van der Waals surface area contributed by atoms with Crippen LogP contribution in [0.4, 0.5) is 17.1 Å². The van der Waals surface area contributed by atoms with Gasteiger partial charge in [-0.15, -0.1) is 0 Å². The van der Waals surface area contributed by atoms with E-state index in [9.17, 15) is 0 Å². The lowest BCUT2D eigenvalue weighted by atomic mass is 9.70. The fourth-order valence-corrected chi connectivity index (χ4v) is 16.9. The van der Waals surface area contributed by atoms with Gasteiger partial charge in [0, 0.05) is 17.1 Å². The molecule has 1 heteroatoms. The Morgan fingerprint density at radius 1 is 0.250 bits per heavy atom. The van der Waals surface area contributed by atoms with Crippen molar-refractivity contribution in [2.24, 2.45) is 0 Å². The summed E-state index contributed by atoms with van der Waals surface area (Å²) in [7, 11) is 0. The monoisotopic (exact) mass is 1180 g/mol. The summed E-state index contributed by atoms with van der Waals surface area (Å²) in [6, 6.07) is 114. The molecular weight excluding hydrogens is 1110 g/mol. The van der Waals surface area contributed by atoms with E-state index in [1.165, 1.54) is 139 Å². The minimum Gasteiger partial charge on any atom is -0.310 e. The highest BCUT2D eigenvalue weighted by molar-refractivity contribution is 5.99. The Morgan fingerprint density at radius 2 is 0.543 bits per heavy atom. The van der Waals surface area contributed by atoms with Crippen LogP contribution in [0.1, 0.15) is 116 Å². The summed E-state index contributed by atoms with van der Waals surface area (Å²) in [4.78, 5) is 2.54. The topological polar surface area (TPSA) is 3.24 Å². The Morgan fingerprint density at radius 3 is 0.902 bits per heavy atom. The van der Waals surface area contributed by atoms with Gasteiger partial charge in [0.1, 0.15) is 0 Å². The van der Waals surface area contributed by atoms with E-state index in [0.29, 0.717) is 0 Å². The lowest BCUT2D eigenvalue weighted by Gasteiger charge is -2.33. The third-order valence-electron chi connectivity index (χ3n) is 21.8. The third-order valence-corrected chi connectivity index (χ3v) is 21.8.